The van der Waals surface area contributed by atoms with E-state index in [0.29, 0.717) is 25.1 Å². The highest BCUT2D eigenvalue weighted by atomic mass is 32.2. The van der Waals surface area contributed by atoms with Gasteiger partial charge in [0.05, 0.1) is 6.04 Å². The molecule has 3 N–H and O–H groups in total. The molecule has 0 saturated carbocycles. The topological polar surface area (TPSA) is 105 Å². The molecule has 2 aromatic rings. The van der Waals surface area contributed by atoms with Gasteiger partial charge in [0.1, 0.15) is 5.75 Å². The number of rotatable bonds is 7. The summed E-state index contributed by atoms with van der Waals surface area (Å²) in [5.74, 6) is 0.487. The van der Waals surface area contributed by atoms with Gasteiger partial charge in [0.15, 0.2) is 11.1 Å². The van der Waals surface area contributed by atoms with Crippen molar-refractivity contribution in [3.63, 3.8) is 0 Å². The normalized spacial score (nSPS) is 19.1. The third kappa shape index (κ3) is 6.22. The molecule has 3 rings (SSSR count). The van der Waals surface area contributed by atoms with E-state index < -0.39 is 11.1 Å². The second-order valence-electron chi connectivity index (χ2n) is 7.97. The van der Waals surface area contributed by atoms with Crippen LogP contribution in [-0.4, -0.2) is 39.0 Å². The fourth-order valence-corrected chi connectivity index (χ4v) is 4.63. The summed E-state index contributed by atoms with van der Waals surface area (Å²) >= 11 is -1.80. The Balaban J connectivity index is 1.70. The fourth-order valence-electron chi connectivity index (χ4n) is 4.10. The Morgan fingerprint density at radius 2 is 1.94 bits per heavy atom. The SMILES string of the molecule is CC(=O)Oc1cccc(-c2c(C)cc(NC(=O)[C@H]3C[C@H](CCS(=O)O)CN3)cc2C)c1. The Labute approximate surface area is 184 Å². The van der Waals surface area contributed by atoms with Crippen molar-refractivity contribution >= 4 is 28.6 Å². The first-order valence-corrected chi connectivity index (χ1v) is 11.5. The number of amides is 1. The van der Waals surface area contributed by atoms with E-state index in [1.54, 1.807) is 6.07 Å². The summed E-state index contributed by atoms with van der Waals surface area (Å²) in [6, 6.07) is 10.9. The zero-order valence-corrected chi connectivity index (χ0v) is 18.8. The summed E-state index contributed by atoms with van der Waals surface area (Å²) in [5, 5.41) is 6.19. The first-order chi connectivity index (χ1) is 14.7. The lowest BCUT2D eigenvalue weighted by Crippen LogP contribution is -2.35. The molecule has 1 fully saturated rings. The Morgan fingerprint density at radius 3 is 2.58 bits per heavy atom. The summed E-state index contributed by atoms with van der Waals surface area (Å²) in [6.07, 6.45) is 1.28. The van der Waals surface area contributed by atoms with E-state index in [0.717, 1.165) is 27.9 Å². The van der Waals surface area contributed by atoms with Gasteiger partial charge in [-0.05, 0) is 85.7 Å². The molecule has 0 bridgehead atoms. The minimum absolute atomic E-state index is 0.101. The van der Waals surface area contributed by atoms with Crippen molar-refractivity contribution in [2.24, 2.45) is 5.92 Å². The first kappa shape index (κ1) is 23.1. The Kier molecular flexibility index (Phi) is 7.59. The van der Waals surface area contributed by atoms with Crippen LogP contribution in [0.3, 0.4) is 0 Å². The number of aryl methyl sites for hydroxylation is 2. The van der Waals surface area contributed by atoms with Crippen LogP contribution in [0.25, 0.3) is 11.1 Å². The molecular weight excluding hydrogens is 416 g/mol. The van der Waals surface area contributed by atoms with E-state index in [4.69, 9.17) is 9.29 Å². The van der Waals surface area contributed by atoms with Crippen LogP contribution in [0.15, 0.2) is 36.4 Å². The Morgan fingerprint density at radius 1 is 1.23 bits per heavy atom. The smallest absolute Gasteiger partial charge is 0.308 e. The monoisotopic (exact) mass is 444 g/mol. The van der Waals surface area contributed by atoms with Gasteiger partial charge in [-0.3, -0.25) is 9.59 Å². The Hall–Kier alpha value is -2.55. The van der Waals surface area contributed by atoms with E-state index in [1.807, 2.05) is 44.2 Å². The quantitative estimate of drug-likeness (QED) is 0.343. The van der Waals surface area contributed by atoms with E-state index in [9.17, 15) is 13.8 Å². The molecular formula is C23H28N2O5S. The maximum absolute atomic E-state index is 12.7. The fraction of sp³-hybridized carbons (Fsp3) is 0.391. The van der Waals surface area contributed by atoms with Crippen molar-refractivity contribution < 1.29 is 23.1 Å². The van der Waals surface area contributed by atoms with E-state index >= 15 is 0 Å². The highest BCUT2D eigenvalue weighted by Gasteiger charge is 2.29. The summed E-state index contributed by atoms with van der Waals surface area (Å²) in [4.78, 5) is 23.9. The number of hydrogen-bond donors (Lipinski definition) is 3. The van der Waals surface area contributed by atoms with Crippen LogP contribution < -0.4 is 15.4 Å². The van der Waals surface area contributed by atoms with Crippen LogP contribution in [0.2, 0.25) is 0 Å². The minimum Gasteiger partial charge on any atom is -0.427 e. The van der Waals surface area contributed by atoms with Crippen LogP contribution in [0.1, 0.15) is 30.9 Å². The maximum atomic E-state index is 12.7. The molecule has 0 radical (unpaired) electrons. The van der Waals surface area contributed by atoms with Crippen molar-refractivity contribution in [2.75, 3.05) is 17.6 Å². The van der Waals surface area contributed by atoms with Crippen LogP contribution in [-0.2, 0) is 20.7 Å². The average molecular weight is 445 g/mol. The van der Waals surface area contributed by atoms with Gasteiger partial charge in [0.2, 0.25) is 5.91 Å². The van der Waals surface area contributed by atoms with Gasteiger partial charge >= 0.3 is 5.97 Å². The van der Waals surface area contributed by atoms with Gasteiger partial charge in [-0.15, -0.1) is 0 Å². The maximum Gasteiger partial charge on any atom is 0.308 e. The average Bonchev–Trinajstić information content (AvgIpc) is 3.15. The van der Waals surface area contributed by atoms with Crippen LogP contribution in [0.4, 0.5) is 5.69 Å². The molecule has 0 aliphatic carbocycles. The number of anilines is 1. The molecule has 7 nitrogen and oxygen atoms in total. The van der Waals surface area contributed by atoms with Crippen molar-refractivity contribution in [3.8, 4) is 16.9 Å². The number of hydrogen-bond acceptors (Lipinski definition) is 5. The van der Waals surface area contributed by atoms with E-state index in [1.165, 1.54) is 6.92 Å². The van der Waals surface area contributed by atoms with Crippen molar-refractivity contribution in [1.29, 1.82) is 0 Å². The molecule has 2 aromatic carbocycles. The van der Waals surface area contributed by atoms with Crippen LogP contribution in [0.5, 0.6) is 5.75 Å². The molecule has 1 aliphatic rings. The predicted octanol–water partition coefficient (Wildman–Crippen LogP) is 3.42. The number of nitrogens with one attached hydrogen (secondary N) is 2. The summed E-state index contributed by atoms with van der Waals surface area (Å²) < 4.78 is 25.0. The van der Waals surface area contributed by atoms with Gasteiger partial charge in [-0.1, -0.05) is 12.1 Å². The van der Waals surface area contributed by atoms with Gasteiger partial charge < -0.3 is 19.9 Å². The minimum atomic E-state index is -1.80. The predicted molar refractivity (Wildman–Crippen MR) is 121 cm³/mol. The number of esters is 1. The summed E-state index contributed by atoms with van der Waals surface area (Å²) in [5.41, 5.74) is 4.69. The van der Waals surface area contributed by atoms with Gasteiger partial charge in [0.25, 0.3) is 0 Å². The molecule has 1 unspecified atom stereocenters. The lowest BCUT2D eigenvalue weighted by atomic mass is 9.94. The number of ether oxygens (including phenoxy) is 1. The third-order valence-electron chi connectivity index (χ3n) is 5.42. The lowest BCUT2D eigenvalue weighted by Gasteiger charge is -2.16. The van der Waals surface area contributed by atoms with E-state index in [2.05, 4.69) is 10.6 Å². The van der Waals surface area contributed by atoms with Gasteiger partial charge in [0, 0.05) is 18.4 Å². The zero-order valence-electron chi connectivity index (χ0n) is 17.9. The van der Waals surface area contributed by atoms with Gasteiger partial charge in [-0.2, -0.15) is 0 Å². The van der Waals surface area contributed by atoms with Gasteiger partial charge in [-0.25, -0.2) is 4.21 Å². The molecule has 166 valence electrons. The first-order valence-electron chi connectivity index (χ1n) is 10.2. The highest BCUT2D eigenvalue weighted by molar-refractivity contribution is 7.79. The van der Waals surface area contributed by atoms with Crippen molar-refractivity contribution in [3.05, 3.63) is 47.5 Å². The zero-order chi connectivity index (χ0) is 22.5. The second-order valence-corrected chi connectivity index (χ2v) is 9.02. The molecule has 1 aliphatic heterocycles. The van der Waals surface area contributed by atoms with Crippen LogP contribution in [0, 0.1) is 19.8 Å². The summed E-state index contributed by atoms with van der Waals surface area (Å²) in [7, 11) is 0. The van der Waals surface area contributed by atoms with Crippen molar-refractivity contribution in [1.82, 2.24) is 5.32 Å². The largest absolute Gasteiger partial charge is 0.427 e. The van der Waals surface area contributed by atoms with E-state index in [-0.39, 0.29) is 29.6 Å². The van der Waals surface area contributed by atoms with Crippen LogP contribution >= 0.6 is 0 Å². The Bertz CT molecular complexity index is 984. The molecule has 1 saturated heterocycles. The number of carbonyl (C=O) groups excluding carboxylic acids is 2. The molecule has 3 atom stereocenters. The molecule has 1 heterocycles. The third-order valence-corrected chi connectivity index (χ3v) is 6.01. The molecule has 31 heavy (non-hydrogen) atoms. The second kappa shape index (κ2) is 10.2. The number of carbonyl (C=O) groups is 2. The van der Waals surface area contributed by atoms with Crippen molar-refractivity contribution in [2.45, 2.75) is 39.7 Å². The standard InChI is InChI=1S/C23H28N2O5S/c1-14-9-19(25-23(27)21-11-17(13-24-21)7-8-31(28)29)10-15(2)22(14)18-5-4-6-20(12-18)30-16(3)26/h4-6,9-10,12,17,21,24H,7-8,11,13H2,1-3H3,(H,25,27)(H,28,29)/t17-,21+/m0/s1. The number of benzene rings is 2. The molecule has 0 aromatic heterocycles. The molecule has 0 spiro atoms. The molecule has 1 amide bonds. The highest BCUT2D eigenvalue weighted by Crippen LogP contribution is 2.32. The summed E-state index contributed by atoms with van der Waals surface area (Å²) in [6.45, 7) is 6.01. The lowest BCUT2D eigenvalue weighted by molar-refractivity contribution is -0.131. The molecule has 8 heteroatoms.